The van der Waals surface area contributed by atoms with Crippen LogP contribution in [0.15, 0.2) is 48.5 Å². The molecular weight excluding hydrogens is 262 g/mol. The van der Waals surface area contributed by atoms with Crippen LogP contribution in [0.1, 0.15) is 15.9 Å². The zero-order valence-electron chi connectivity index (χ0n) is 10.8. The fourth-order valence-electron chi connectivity index (χ4n) is 1.66. The molecule has 0 radical (unpaired) electrons. The van der Waals surface area contributed by atoms with Gasteiger partial charge in [-0.05, 0) is 35.9 Å². The number of rotatable bonds is 4. The topological polar surface area (TPSA) is 26.3 Å². The lowest BCUT2D eigenvalue weighted by Crippen LogP contribution is -1.95. The van der Waals surface area contributed by atoms with Crippen molar-refractivity contribution in [3.05, 3.63) is 71.3 Å². The van der Waals surface area contributed by atoms with Crippen LogP contribution in [-0.4, -0.2) is 12.9 Å². The smallest absolute Gasteiger partial charge is 0.185 e. The first-order valence-corrected chi connectivity index (χ1v) is 5.91. The fourth-order valence-corrected chi connectivity index (χ4v) is 1.66. The van der Waals surface area contributed by atoms with E-state index in [1.54, 1.807) is 24.3 Å². The van der Waals surface area contributed by atoms with Gasteiger partial charge in [0.05, 0.1) is 7.11 Å². The maximum Gasteiger partial charge on any atom is 0.185 e. The lowest BCUT2D eigenvalue weighted by Gasteiger charge is -2.01. The number of ether oxygens (including phenoxy) is 1. The minimum atomic E-state index is -0.944. The zero-order valence-corrected chi connectivity index (χ0v) is 10.8. The van der Waals surface area contributed by atoms with Crippen molar-refractivity contribution in [1.29, 1.82) is 0 Å². The number of methoxy groups -OCH3 is 1. The molecular formula is C16H12F2O2. The number of ketones is 1. The van der Waals surface area contributed by atoms with Crippen molar-refractivity contribution in [2.75, 3.05) is 7.11 Å². The molecule has 0 spiro atoms. The monoisotopic (exact) mass is 274 g/mol. The Kier molecular flexibility index (Phi) is 4.25. The number of benzene rings is 2. The summed E-state index contributed by atoms with van der Waals surface area (Å²) in [5.74, 6) is -1.52. The van der Waals surface area contributed by atoms with Crippen LogP contribution >= 0.6 is 0 Å². The largest absolute Gasteiger partial charge is 0.497 e. The first kappa shape index (κ1) is 13.9. The van der Waals surface area contributed by atoms with Gasteiger partial charge in [-0.1, -0.05) is 24.3 Å². The van der Waals surface area contributed by atoms with Crippen LogP contribution in [0.4, 0.5) is 8.78 Å². The molecule has 0 aliphatic carbocycles. The molecule has 0 heterocycles. The molecule has 4 heteroatoms. The van der Waals surface area contributed by atoms with Crippen LogP contribution in [0.2, 0.25) is 0 Å². The summed E-state index contributed by atoms with van der Waals surface area (Å²) >= 11 is 0. The first-order valence-electron chi connectivity index (χ1n) is 5.91. The van der Waals surface area contributed by atoms with E-state index in [2.05, 4.69) is 0 Å². The third-order valence-electron chi connectivity index (χ3n) is 2.73. The molecule has 0 N–H and O–H groups in total. The van der Waals surface area contributed by atoms with E-state index in [-0.39, 0.29) is 5.78 Å². The summed E-state index contributed by atoms with van der Waals surface area (Å²) < 4.78 is 30.8. The summed E-state index contributed by atoms with van der Waals surface area (Å²) in [6.45, 7) is 0. The molecule has 0 aromatic heterocycles. The Balaban J connectivity index is 2.17. The Labute approximate surface area is 115 Å². The summed E-state index contributed by atoms with van der Waals surface area (Å²) in [5.41, 5.74) is 0.878. The van der Waals surface area contributed by atoms with Crippen molar-refractivity contribution < 1.29 is 18.3 Å². The van der Waals surface area contributed by atoms with Gasteiger partial charge in [-0.15, -0.1) is 0 Å². The van der Waals surface area contributed by atoms with Gasteiger partial charge in [-0.25, -0.2) is 8.78 Å². The summed E-state index contributed by atoms with van der Waals surface area (Å²) in [7, 11) is 1.51. The highest BCUT2D eigenvalue weighted by Crippen LogP contribution is 2.14. The highest BCUT2D eigenvalue weighted by Gasteiger charge is 2.04. The van der Waals surface area contributed by atoms with Gasteiger partial charge in [0.25, 0.3) is 0 Å². The van der Waals surface area contributed by atoms with E-state index in [1.165, 1.54) is 25.3 Å². The van der Waals surface area contributed by atoms with Crippen molar-refractivity contribution >= 4 is 11.9 Å². The molecule has 0 saturated carbocycles. The van der Waals surface area contributed by atoms with E-state index in [9.17, 15) is 13.6 Å². The minimum absolute atomic E-state index is 0.242. The first-order chi connectivity index (χ1) is 9.60. The minimum Gasteiger partial charge on any atom is -0.497 e. The molecule has 0 fully saturated rings. The molecule has 102 valence electrons. The summed E-state index contributed by atoms with van der Waals surface area (Å²) in [4.78, 5) is 11.9. The van der Waals surface area contributed by atoms with Gasteiger partial charge < -0.3 is 4.74 Å². The zero-order chi connectivity index (χ0) is 14.5. The van der Waals surface area contributed by atoms with Crippen molar-refractivity contribution in [2.45, 2.75) is 0 Å². The third kappa shape index (κ3) is 3.29. The average Bonchev–Trinajstić information content (AvgIpc) is 2.48. The van der Waals surface area contributed by atoms with Crippen LogP contribution < -0.4 is 4.74 Å². The lowest BCUT2D eigenvalue weighted by atomic mass is 10.1. The molecule has 0 saturated heterocycles. The van der Waals surface area contributed by atoms with Gasteiger partial charge in [0.15, 0.2) is 17.4 Å². The summed E-state index contributed by atoms with van der Waals surface area (Å²) in [5, 5.41) is 0. The molecule has 2 aromatic carbocycles. The van der Waals surface area contributed by atoms with Crippen LogP contribution in [0, 0.1) is 11.6 Å². The Morgan fingerprint density at radius 3 is 2.60 bits per heavy atom. The molecule has 0 unspecified atom stereocenters. The molecule has 2 nitrogen and oxygen atoms in total. The number of allylic oxidation sites excluding steroid dienone is 1. The van der Waals surface area contributed by atoms with Crippen molar-refractivity contribution in [3.8, 4) is 5.75 Å². The average molecular weight is 274 g/mol. The van der Waals surface area contributed by atoms with Gasteiger partial charge in [-0.3, -0.25) is 4.79 Å². The maximum atomic E-state index is 13.0. The Morgan fingerprint density at radius 2 is 1.90 bits per heavy atom. The molecule has 20 heavy (non-hydrogen) atoms. The van der Waals surface area contributed by atoms with E-state index in [4.69, 9.17) is 4.74 Å². The van der Waals surface area contributed by atoms with Crippen molar-refractivity contribution in [1.82, 2.24) is 0 Å². The van der Waals surface area contributed by atoms with E-state index < -0.39 is 11.6 Å². The van der Waals surface area contributed by atoms with Crippen LogP contribution in [0.5, 0.6) is 5.75 Å². The number of halogens is 2. The van der Waals surface area contributed by atoms with Gasteiger partial charge in [0.1, 0.15) is 5.75 Å². The summed E-state index contributed by atoms with van der Waals surface area (Å²) in [6.07, 6.45) is 2.74. The Morgan fingerprint density at radius 1 is 1.10 bits per heavy atom. The van der Waals surface area contributed by atoms with E-state index in [0.29, 0.717) is 16.9 Å². The SMILES string of the molecule is COc1cccc(C(=O)/C=C\c2ccc(F)c(F)c2)c1. The maximum absolute atomic E-state index is 13.0. The molecule has 0 aliphatic rings. The second-order valence-corrected chi connectivity index (χ2v) is 4.10. The second kappa shape index (κ2) is 6.10. The van der Waals surface area contributed by atoms with Gasteiger partial charge >= 0.3 is 0 Å². The molecule has 0 amide bonds. The number of hydrogen-bond donors (Lipinski definition) is 0. The number of carbonyl (C=O) groups is 1. The van der Waals surface area contributed by atoms with Crippen molar-refractivity contribution in [2.24, 2.45) is 0 Å². The molecule has 2 aromatic rings. The Hall–Kier alpha value is -2.49. The molecule has 2 rings (SSSR count). The second-order valence-electron chi connectivity index (χ2n) is 4.10. The highest BCUT2D eigenvalue weighted by atomic mass is 19.2. The predicted molar refractivity (Wildman–Crippen MR) is 72.7 cm³/mol. The fraction of sp³-hybridized carbons (Fsp3) is 0.0625. The Bertz CT molecular complexity index is 663. The van der Waals surface area contributed by atoms with Gasteiger partial charge in [0, 0.05) is 5.56 Å². The van der Waals surface area contributed by atoms with Crippen LogP contribution in [-0.2, 0) is 0 Å². The molecule has 0 aliphatic heterocycles. The highest BCUT2D eigenvalue weighted by molar-refractivity contribution is 6.07. The van der Waals surface area contributed by atoms with E-state index >= 15 is 0 Å². The molecule has 0 bridgehead atoms. The normalized spacial score (nSPS) is 10.8. The quantitative estimate of drug-likeness (QED) is 0.625. The third-order valence-corrected chi connectivity index (χ3v) is 2.73. The van der Waals surface area contributed by atoms with Crippen LogP contribution in [0.3, 0.4) is 0 Å². The van der Waals surface area contributed by atoms with Crippen molar-refractivity contribution in [3.63, 3.8) is 0 Å². The standard InChI is InChI=1S/C16H12F2O2/c1-20-13-4-2-3-12(10-13)16(19)8-6-11-5-7-14(17)15(18)9-11/h2-10H,1H3/b8-6-. The predicted octanol–water partition coefficient (Wildman–Crippen LogP) is 3.87. The van der Waals surface area contributed by atoms with Gasteiger partial charge in [-0.2, -0.15) is 0 Å². The van der Waals surface area contributed by atoms with E-state index in [1.807, 2.05) is 0 Å². The summed E-state index contributed by atoms with van der Waals surface area (Å²) in [6, 6.07) is 10.1. The van der Waals surface area contributed by atoms with Gasteiger partial charge in [0.2, 0.25) is 0 Å². The van der Waals surface area contributed by atoms with Crippen LogP contribution in [0.25, 0.3) is 6.08 Å². The molecule has 0 atom stereocenters. The number of hydrogen-bond acceptors (Lipinski definition) is 2. The lowest BCUT2D eigenvalue weighted by molar-refractivity contribution is 0.104. The number of carbonyl (C=O) groups excluding carboxylic acids is 1. The van der Waals surface area contributed by atoms with E-state index in [0.717, 1.165) is 12.1 Å².